The van der Waals surface area contributed by atoms with E-state index >= 15 is 0 Å². The second-order valence-electron chi connectivity index (χ2n) is 9.44. The van der Waals surface area contributed by atoms with Gasteiger partial charge in [-0.1, -0.05) is 18.2 Å². The summed E-state index contributed by atoms with van der Waals surface area (Å²) in [5.41, 5.74) is 18.1. The van der Waals surface area contributed by atoms with Crippen molar-refractivity contribution in [3.63, 3.8) is 0 Å². The van der Waals surface area contributed by atoms with E-state index in [0.29, 0.717) is 38.8 Å². The molecule has 10 N–H and O–H groups in total. The molecule has 13 nitrogen and oxygen atoms in total. The van der Waals surface area contributed by atoms with Crippen LogP contribution in [0, 0.1) is 0 Å². The van der Waals surface area contributed by atoms with Gasteiger partial charge < -0.3 is 42.8 Å². The summed E-state index contributed by atoms with van der Waals surface area (Å²) in [5, 5.41) is 15.9. The number of fused-ring (bicyclic) bond motifs is 1. The van der Waals surface area contributed by atoms with Gasteiger partial charge in [0.05, 0.1) is 6.04 Å². The number of guanidine groups is 1. The fourth-order valence-corrected chi connectivity index (χ4v) is 4.57. The van der Waals surface area contributed by atoms with Gasteiger partial charge in [-0.2, -0.15) is 0 Å². The molecule has 1 saturated heterocycles. The van der Waals surface area contributed by atoms with Gasteiger partial charge >= 0.3 is 5.97 Å². The lowest BCUT2D eigenvalue weighted by Gasteiger charge is -2.28. The van der Waals surface area contributed by atoms with Crippen LogP contribution in [0.2, 0.25) is 0 Å². The summed E-state index contributed by atoms with van der Waals surface area (Å²) < 4.78 is 0. The van der Waals surface area contributed by atoms with Crippen molar-refractivity contribution in [1.29, 1.82) is 0 Å². The number of likely N-dealkylation sites (tertiary alicyclic amines) is 1. The topological polar surface area (TPSA) is 222 Å². The maximum absolute atomic E-state index is 13.1. The molecular weight excluding hydrogens is 492 g/mol. The molecule has 0 radical (unpaired) electrons. The van der Waals surface area contributed by atoms with Crippen molar-refractivity contribution in [1.82, 2.24) is 20.5 Å². The number of carbonyl (C=O) groups excluding carboxylic acids is 3. The van der Waals surface area contributed by atoms with Crippen LogP contribution in [-0.4, -0.2) is 81.9 Å². The second-order valence-corrected chi connectivity index (χ2v) is 9.44. The molecule has 206 valence electrons. The van der Waals surface area contributed by atoms with Crippen molar-refractivity contribution in [2.24, 2.45) is 22.2 Å². The van der Waals surface area contributed by atoms with Crippen molar-refractivity contribution < 1.29 is 24.3 Å². The van der Waals surface area contributed by atoms with E-state index in [1.54, 1.807) is 6.20 Å². The van der Waals surface area contributed by atoms with Crippen LogP contribution in [0.4, 0.5) is 0 Å². The maximum atomic E-state index is 13.1. The van der Waals surface area contributed by atoms with Crippen LogP contribution in [0.5, 0.6) is 0 Å². The zero-order chi connectivity index (χ0) is 27.8. The quantitative estimate of drug-likeness (QED) is 0.104. The largest absolute Gasteiger partial charge is 0.480 e. The Morgan fingerprint density at radius 3 is 2.66 bits per heavy atom. The molecule has 1 fully saturated rings. The summed E-state index contributed by atoms with van der Waals surface area (Å²) in [6, 6.07) is 3.72. The number of nitrogens with zero attached hydrogens (tertiary/aromatic N) is 2. The highest BCUT2D eigenvalue weighted by atomic mass is 16.4. The number of aromatic nitrogens is 1. The highest BCUT2D eigenvalue weighted by Crippen LogP contribution is 2.21. The zero-order valence-electron chi connectivity index (χ0n) is 21.4. The van der Waals surface area contributed by atoms with Crippen LogP contribution in [0.15, 0.2) is 35.5 Å². The summed E-state index contributed by atoms with van der Waals surface area (Å²) in [6.45, 7) is 2.18. The molecule has 2 heterocycles. The molecule has 0 saturated carbocycles. The Kier molecular flexibility index (Phi) is 9.66. The average Bonchev–Trinajstić information content (AvgIpc) is 3.53. The van der Waals surface area contributed by atoms with Gasteiger partial charge in [-0.3, -0.25) is 19.4 Å². The molecule has 0 spiro atoms. The highest BCUT2D eigenvalue weighted by molar-refractivity contribution is 5.94. The number of carbonyl (C=O) groups is 4. The lowest BCUT2D eigenvalue weighted by atomic mass is 10.0. The summed E-state index contributed by atoms with van der Waals surface area (Å²) in [4.78, 5) is 58.9. The molecule has 1 aliphatic rings. The molecule has 0 bridgehead atoms. The Bertz CT molecular complexity index is 1190. The number of nitrogens with one attached hydrogen (secondary N) is 3. The van der Waals surface area contributed by atoms with E-state index in [2.05, 4.69) is 20.6 Å². The number of hydrogen-bond donors (Lipinski definition) is 7. The van der Waals surface area contributed by atoms with E-state index in [1.165, 1.54) is 11.8 Å². The van der Waals surface area contributed by atoms with E-state index in [4.69, 9.17) is 17.2 Å². The van der Waals surface area contributed by atoms with Crippen molar-refractivity contribution in [3.8, 4) is 0 Å². The number of para-hydroxylation sites is 1. The minimum absolute atomic E-state index is 0.0425. The maximum Gasteiger partial charge on any atom is 0.326 e. The number of rotatable bonds is 12. The minimum Gasteiger partial charge on any atom is -0.480 e. The Labute approximate surface area is 220 Å². The molecule has 0 aliphatic carbocycles. The first kappa shape index (κ1) is 28.4. The van der Waals surface area contributed by atoms with Gasteiger partial charge in [0.1, 0.15) is 18.1 Å². The summed E-state index contributed by atoms with van der Waals surface area (Å²) >= 11 is 0. The molecular formula is C25H36N8O5. The predicted octanol–water partition coefficient (Wildman–Crippen LogP) is -0.844. The van der Waals surface area contributed by atoms with E-state index in [-0.39, 0.29) is 12.4 Å². The Morgan fingerprint density at radius 2 is 1.95 bits per heavy atom. The minimum atomic E-state index is -1.17. The van der Waals surface area contributed by atoms with Gasteiger partial charge in [-0.15, -0.1) is 0 Å². The van der Waals surface area contributed by atoms with E-state index < -0.39 is 47.9 Å². The normalized spacial score (nSPS) is 17.4. The number of amides is 3. The number of benzene rings is 1. The molecule has 1 aromatic carbocycles. The fourth-order valence-electron chi connectivity index (χ4n) is 4.57. The Morgan fingerprint density at radius 1 is 1.21 bits per heavy atom. The van der Waals surface area contributed by atoms with Crippen LogP contribution in [0.25, 0.3) is 10.9 Å². The fraction of sp³-hybridized carbons (Fsp3) is 0.480. The Balaban J connectivity index is 1.58. The van der Waals surface area contributed by atoms with E-state index in [1.807, 2.05) is 24.3 Å². The van der Waals surface area contributed by atoms with Gasteiger partial charge in [0.15, 0.2) is 5.96 Å². The van der Waals surface area contributed by atoms with Gasteiger partial charge in [-0.25, -0.2) is 4.79 Å². The lowest BCUT2D eigenvalue weighted by Crippen LogP contribution is -2.56. The van der Waals surface area contributed by atoms with Gasteiger partial charge in [0.25, 0.3) is 0 Å². The van der Waals surface area contributed by atoms with Crippen molar-refractivity contribution >= 4 is 40.6 Å². The van der Waals surface area contributed by atoms with E-state index in [0.717, 1.165) is 16.5 Å². The SMILES string of the molecule is CC(NC(=O)C(N)CCCN=C(N)N)C(=O)N1CCCC1C(=O)NC(Cc1c[nH]c2ccccc12)C(=O)O. The van der Waals surface area contributed by atoms with Crippen LogP contribution in [-0.2, 0) is 25.6 Å². The third-order valence-corrected chi connectivity index (χ3v) is 6.59. The smallest absolute Gasteiger partial charge is 0.326 e. The first-order valence-electron chi connectivity index (χ1n) is 12.6. The van der Waals surface area contributed by atoms with Crippen molar-refractivity contribution in [3.05, 3.63) is 36.0 Å². The number of carboxylic acid groups (broad SMARTS) is 1. The Hall–Kier alpha value is -4.13. The number of nitrogens with two attached hydrogens (primary N) is 3. The summed E-state index contributed by atoms with van der Waals surface area (Å²) in [5.74, 6) is -2.70. The van der Waals surface area contributed by atoms with Crippen LogP contribution >= 0.6 is 0 Å². The van der Waals surface area contributed by atoms with Crippen molar-refractivity contribution in [2.75, 3.05) is 13.1 Å². The molecule has 4 unspecified atom stereocenters. The number of carboxylic acids is 1. The molecule has 2 aromatic rings. The monoisotopic (exact) mass is 528 g/mol. The third-order valence-electron chi connectivity index (χ3n) is 6.59. The number of H-pyrrole nitrogens is 1. The second kappa shape index (κ2) is 12.9. The van der Waals surface area contributed by atoms with Gasteiger partial charge in [0, 0.05) is 36.6 Å². The van der Waals surface area contributed by atoms with E-state index in [9.17, 15) is 24.3 Å². The number of aromatic amines is 1. The molecule has 4 atom stereocenters. The van der Waals surface area contributed by atoms with Gasteiger partial charge in [-0.05, 0) is 44.2 Å². The predicted molar refractivity (Wildman–Crippen MR) is 142 cm³/mol. The molecule has 3 amide bonds. The molecule has 3 rings (SSSR count). The summed E-state index contributed by atoms with van der Waals surface area (Å²) in [7, 11) is 0. The molecule has 1 aromatic heterocycles. The van der Waals surface area contributed by atoms with Crippen LogP contribution in [0.3, 0.4) is 0 Å². The van der Waals surface area contributed by atoms with Crippen LogP contribution < -0.4 is 27.8 Å². The van der Waals surface area contributed by atoms with Crippen molar-refractivity contribution in [2.45, 2.75) is 63.2 Å². The highest BCUT2D eigenvalue weighted by Gasteiger charge is 2.38. The average molecular weight is 529 g/mol. The third kappa shape index (κ3) is 7.22. The molecule has 1 aliphatic heterocycles. The summed E-state index contributed by atoms with van der Waals surface area (Å²) in [6.07, 6.45) is 3.60. The zero-order valence-corrected chi connectivity index (χ0v) is 21.4. The first-order chi connectivity index (χ1) is 18.1. The molecule has 13 heteroatoms. The lowest BCUT2D eigenvalue weighted by molar-refractivity contribution is -0.144. The number of aliphatic imine (C=N–C) groups is 1. The molecule has 38 heavy (non-hydrogen) atoms. The van der Waals surface area contributed by atoms with Crippen LogP contribution in [0.1, 0.15) is 38.2 Å². The standard InChI is InChI=1S/C25H36N8O5/c1-14(31-21(34)17(26)7-4-10-29-25(27)28)23(36)33-11-5-9-20(33)22(35)32-19(24(37)38)12-15-13-30-18-8-3-2-6-16(15)18/h2-3,6,8,13-14,17,19-20,30H,4-5,7,9-12,26H2,1H3,(H,31,34)(H,32,35)(H,37,38)(H4,27,28,29). The van der Waals surface area contributed by atoms with Gasteiger partial charge in [0.2, 0.25) is 17.7 Å². The number of hydrogen-bond acceptors (Lipinski definition) is 6. The number of aliphatic carboxylic acids is 1. The first-order valence-corrected chi connectivity index (χ1v) is 12.6.